The minimum atomic E-state index is 0.450. The summed E-state index contributed by atoms with van der Waals surface area (Å²) < 4.78 is 0. The molecule has 0 saturated heterocycles. The van der Waals surface area contributed by atoms with Crippen molar-refractivity contribution in [3.05, 3.63) is 108 Å². The monoisotopic (exact) mass is 315 g/mol. The Morgan fingerprint density at radius 3 is 1.62 bits per heavy atom. The first-order valence-corrected chi connectivity index (χ1v) is 8.65. The van der Waals surface area contributed by atoms with E-state index in [9.17, 15) is 0 Å². The Morgan fingerprint density at radius 1 is 0.667 bits per heavy atom. The van der Waals surface area contributed by atoms with Crippen LogP contribution in [0.5, 0.6) is 0 Å². The second-order valence-corrected chi connectivity index (χ2v) is 6.39. The lowest BCUT2D eigenvalue weighted by Gasteiger charge is -2.22. The van der Waals surface area contributed by atoms with Crippen LogP contribution in [-0.2, 0) is 6.54 Å². The Morgan fingerprint density at radius 2 is 1.12 bits per heavy atom. The molecule has 0 aliphatic carbocycles. The van der Waals surface area contributed by atoms with Crippen LogP contribution in [0, 0.1) is 0 Å². The third-order valence-corrected chi connectivity index (χ3v) is 4.50. The maximum absolute atomic E-state index is 2.41. The zero-order chi connectivity index (χ0) is 16.6. The van der Waals surface area contributed by atoms with Gasteiger partial charge >= 0.3 is 0 Å². The van der Waals surface area contributed by atoms with E-state index in [1.807, 2.05) is 0 Å². The molecule has 24 heavy (non-hydrogen) atoms. The molecule has 0 amide bonds. The molecule has 0 aromatic heterocycles. The van der Waals surface area contributed by atoms with Crippen LogP contribution in [0.25, 0.3) is 0 Å². The Hall–Kier alpha value is -2.38. The smallest absolute Gasteiger partial charge is 0.0230 e. The van der Waals surface area contributed by atoms with Crippen molar-refractivity contribution in [2.24, 2.45) is 0 Å². The van der Waals surface area contributed by atoms with Crippen LogP contribution in [0.2, 0.25) is 0 Å². The summed E-state index contributed by atoms with van der Waals surface area (Å²) in [4.78, 5) is 2.41. The highest BCUT2D eigenvalue weighted by atomic mass is 15.1. The van der Waals surface area contributed by atoms with Gasteiger partial charge in [0.25, 0.3) is 0 Å². The molecule has 0 aliphatic rings. The fraction of sp³-hybridized carbons (Fsp3) is 0.217. The molecule has 0 spiro atoms. The third kappa shape index (κ3) is 4.56. The van der Waals surface area contributed by atoms with E-state index in [0.717, 1.165) is 19.5 Å². The molecule has 0 unspecified atom stereocenters. The molecule has 3 aromatic rings. The lowest BCUT2D eigenvalue weighted by Crippen LogP contribution is -2.21. The van der Waals surface area contributed by atoms with Crippen LogP contribution >= 0.6 is 0 Å². The molecule has 0 fully saturated rings. The fourth-order valence-electron chi connectivity index (χ4n) is 3.22. The summed E-state index contributed by atoms with van der Waals surface area (Å²) in [7, 11) is 2.21. The van der Waals surface area contributed by atoms with Crippen LogP contribution < -0.4 is 0 Å². The molecule has 0 atom stereocenters. The summed E-state index contributed by atoms with van der Waals surface area (Å²) in [6, 6.07) is 32.4. The predicted octanol–water partition coefficient (Wildman–Crippen LogP) is 5.34. The van der Waals surface area contributed by atoms with E-state index in [0.29, 0.717) is 5.92 Å². The summed E-state index contributed by atoms with van der Waals surface area (Å²) >= 11 is 0. The van der Waals surface area contributed by atoms with Crippen molar-refractivity contribution in [3.63, 3.8) is 0 Å². The second-order valence-electron chi connectivity index (χ2n) is 6.39. The quantitative estimate of drug-likeness (QED) is 0.569. The van der Waals surface area contributed by atoms with E-state index >= 15 is 0 Å². The fourth-order valence-corrected chi connectivity index (χ4v) is 3.22. The van der Waals surface area contributed by atoms with Gasteiger partial charge in [0.05, 0.1) is 0 Å². The molecular formula is C23H25N. The van der Waals surface area contributed by atoms with Crippen molar-refractivity contribution >= 4 is 0 Å². The van der Waals surface area contributed by atoms with E-state index in [2.05, 4.69) is 103 Å². The molecule has 122 valence electrons. The first kappa shape index (κ1) is 16.5. The zero-order valence-electron chi connectivity index (χ0n) is 14.3. The molecular weight excluding hydrogens is 290 g/mol. The van der Waals surface area contributed by atoms with Crippen molar-refractivity contribution in [2.45, 2.75) is 18.9 Å². The molecule has 0 radical (unpaired) electrons. The second kappa shape index (κ2) is 8.47. The Labute approximate surface area is 145 Å². The van der Waals surface area contributed by atoms with E-state index < -0.39 is 0 Å². The highest BCUT2D eigenvalue weighted by molar-refractivity contribution is 5.32. The number of rotatable bonds is 7. The van der Waals surface area contributed by atoms with Gasteiger partial charge in [-0.25, -0.2) is 0 Å². The van der Waals surface area contributed by atoms with Gasteiger partial charge in [-0.05, 0) is 36.7 Å². The summed E-state index contributed by atoms with van der Waals surface area (Å²) in [5, 5.41) is 0. The highest BCUT2D eigenvalue weighted by Gasteiger charge is 2.14. The van der Waals surface area contributed by atoms with Gasteiger partial charge in [0, 0.05) is 12.5 Å². The molecule has 0 N–H and O–H groups in total. The molecule has 0 saturated carbocycles. The zero-order valence-corrected chi connectivity index (χ0v) is 14.3. The standard InChI is InChI=1S/C23H25N/c1-24(19-20-11-5-2-6-12-20)18-17-23(21-13-7-3-8-14-21)22-15-9-4-10-16-22/h2-16,23H,17-19H2,1H3. The van der Waals surface area contributed by atoms with Crippen molar-refractivity contribution in [1.29, 1.82) is 0 Å². The van der Waals surface area contributed by atoms with Crippen LogP contribution in [0.4, 0.5) is 0 Å². The third-order valence-electron chi connectivity index (χ3n) is 4.50. The van der Waals surface area contributed by atoms with Crippen molar-refractivity contribution in [3.8, 4) is 0 Å². The number of hydrogen-bond acceptors (Lipinski definition) is 1. The molecule has 3 aromatic carbocycles. The summed E-state index contributed by atoms with van der Waals surface area (Å²) in [5.41, 5.74) is 4.17. The average Bonchev–Trinajstić information content (AvgIpc) is 2.64. The maximum atomic E-state index is 2.41. The Bertz CT molecular complexity index is 667. The lowest BCUT2D eigenvalue weighted by atomic mass is 9.88. The van der Waals surface area contributed by atoms with Crippen LogP contribution in [0.3, 0.4) is 0 Å². The molecule has 3 rings (SSSR count). The van der Waals surface area contributed by atoms with E-state index in [1.165, 1.54) is 16.7 Å². The van der Waals surface area contributed by atoms with Gasteiger partial charge in [-0.15, -0.1) is 0 Å². The molecule has 1 nitrogen and oxygen atoms in total. The Balaban J connectivity index is 1.68. The van der Waals surface area contributed by atoms with Gasteiger partial charge in [-0.3, -0.25) is 0 Å². The van der Waals surface area contributed by atoms with Crippen LogP contribution in [-0.4, -0.2) is 18.5 Å². The van der Waals surface area contributed by atoms with Gasteiger partial charge < -0.3 is 4.90 Å². The largest absolute Gasteiger partial charge is 0.302 e. The summed E-state index contributed by atoms with van der Waals surface area (Å²) in [5.74, 6) is 0.450. The topological polar surface area (TPSA) is 3.24 Å². The normalized spacial score (nSPS) is 11.1. The minimum absolute atomic E-state index is 0.450. The van der Waals surface area contributed by atoms with Crippen molar-refractivity contribution < 1.29 is 0 Å². The van der Waals surface area contributed by atoms with E-state index in [1.54, 1.807) is 0 Å². The van der Waals surface area contributed by atoms with E-state index in [4.69, 9.17) is 0 Å². The maximum Gasteiger partial charge on any atom is 0.0230 e. The van der Waals surface area contributed by atoms with Crippen LogP contribution in [0.15, 0.2) is 91.0 Å². The molecule has 0 heterocycles. The van der Waals surface area contributed by atoms with Crippen LogP contribution in [0.1, 0.15) is 29.0 Å². The summed E-state index contributed by atoms with van der Waals surface area (Å²) in [6.07, 6.45) is 1.12. The van der Waals surface area contributed by atoms with Gasteiger partial charge in [0.15, 0.2) is 0 Å². The van der Waals surface area contributed by atoms with Gasteiger partial charge in [0.2, 0.25) is 0 Å². The molecule has 0 aliphatic heterocycles. The highest BCUT2D eigenvalue weighted by Crippen LogP contribution is 2.28. The lowest BCUT2D eigenvalue weighted by molar-refractivity contribution is 0.316. The van der Waals surface area contributed by atoms with E-state index in [-0.39, 0.29) is 0 Å². The Kier molecular flexibility index (Phi) is 5.81. The minimum Gasteiger partial charge on any atom is -0.302 e. The SMILES string of the molecule is CN(CCC(c1ccccc1)c1ccccc1)Cc1ccccc1. The van der Waals surface area contributed by atoms with Crippen molar-refractivity contribution in [2.75, 3.05) is 13.6 Å². The van der Waals surface area contributed by atoms with Crippen molar-refractivity contribution in [1.82, 2.24) is 4.90 Å². The van der Waals surface area contributed by atoms with Gasteiger partial charge in [-0.1, -0.05) is 91.0 Å². The average molecular weight is 315 g/mol. The number of benzene rings is 3. The number of hydrogen-bond donors (Lipinski definition) is 0. The molecule has 1 heteroatoms. The number of nitrogens with zero attached hydrogens (tertiary/aromatic N) is 1. The first-order chi connectivity index (χ1) is 11.8. The molecule has 0 bridgehead atoms. The predicted molar refractivity (Wildman–Crippen MR) is 102 cm³/mol. The summed E-state index contributed by atoms with van der Waals surface area (Å²) in [6.45, 7) is 2.07. The first-order valence-electron chi connectivity index (χ1n) is 8.65. The van der Waals surface area contributed by atoms with Gasteiger partial charge in [0.1, 0.15) is 0 Å². The van der Waals surface area contributed by atoms with Gasteiger partial charge in [-0.2, -0.15) is 0 Å².